The lowest BCUT2D eigenvalue weighted by atomic mass is 10.2. The van der Waals surface area contributed by atoms with Gasteiger partial charge in [0.1, 0.15) is 17.9 Å². The molecule has 1 atom stereocenters. The molecule has 8 nitrogen and oxygen atoms in total. The number of carbonyl (C=O) groups is 2. The summed E-state index contributed by atoms with van der Waals surface area (Å²) in [7, 11) is -3.54. The molecule has 0 aliphatic rings. The molecule has 0 aliphatic heterocycles. The van der Waals surface area contributed by atoms with E-state index in [1.165, 1.54) is 25.1 Å². The van der Waals surface area contributed by atoms with E-state index >= 15 is 0 Å². The molecule has 0 spiro atoms. The second kappa shape index (κ2) is 7.08. The van der Waals surface area contributed by atoms with Crippen molar-refractivity contribution in [2.75, 3.05) is 17.4 Å². The number of nitrogen functional groups attached to an aromatic ring is 1. The molecule has 1 rings (SSSR count). The fourth-order valence-corrected chi connectivity index (χ4v) is 2.62. The summed E-state index contributed by atoms with van der Waals surface area (Å²) < 4.78 is 28.7. The Bertz CT molecular complexity index is 725. The Morgan fingerprint density at radius 3 is 2.42 bits per heavy atom. The third-order valence-electron chi connectivity index (χ3n) is 2.90. The van der Waals surface area contributed by atoms with Crippen LogP contribution in [0.5, 0.6) is 0 Å². The van der Waals surface area contributed by atoms with Crippen LogP contribution in [0.4, 0.5) is 16.2 Å². The molecular weight excluding hydrogens is 334 g/mol. The molecule has 0 fully saturated rings. The zero-order valence-corrected chi connectivity index (χ0v) is 15.2. The molecular formula is C15H23N3O5S. The van der Waals surface area contributed by atoms with Crippen molar-refractivity contribution in [1.29, 1.82) is 0 Å². The third-order valence-corrected chi connectivity index (χ3v) is 4.06. The van der Waals surface area contributed by atoms with Gasteiger partial charge < -0.3 is 15.3 Å². The Morgan fingerprint density at radius 2 is 1.96 bits per heavy atom. The standard InChI is InChI=1S/C15H23N3O5S/c1-10(9-19)18(14(20)23-15(2,3)4)17-11-7-6-8-12(13(11)16)24(5,21)22/h6-10,17H,16H2,1-5H3/t10-/m0/s1. The highest BCUT2D eigenvalue weighted by atomic mass is 32.2. The molecule has 0 bridgehead atoms. The van der Waals surface area contributed by atoms with E-state index in [-0.39, 0.29) is 16.3 Å². The summed E-state index contributed by atoms with van der Waals surface area (Å²) in [6, 6.07) is 3.48. The highest BCUT2D eigenvalue weighted by Crippen LogP contribution is 2.27. The number of sulfone groups is 1. The van der Waals surface area contributed by atoms with Gasteiger partial charge in [-0.05, 0) is 39.8 Å². The Balaban J connectivity index is 3.21. The molecule has 9 heteroatoms. The molecule has 0 aromatic heterocycles. The lowest BCUT2D eigenvalue weighted by Crippen LogP contribution is -2.46. The lowest BCUT2D eigenvalue weighted by molar-refractivity contribution is -0.111. The minimum Gasteiger partial charge on any atom is -0.442 e. The van der Waals surface area contributed by atoms with Gasteiger partial charge in [-0.3, -0.25) is 5.43 Å². The van der Waals surface area contributed by atoms with Crippen LogP contribution in [-0.4, -0.2) is 43.7 Å². The zero-order chi connectivity index (χ0) is 18.7. The average Bonchev–Trinajstić information content (AvgIpc) is 2.42. The number of rotatable bonds is 5. The largest absolute Gasteiger partial charge is 0.442 e. The summed E-state index contributed by atoms with van der Waals surface area (Å²) >= 11 is 0. The first-order chi connectivity index (χ1) is 10.9. The maximum Gasteiger partial charge on any atom is 0.429 e. The third kappa shape index (κ3) is 5.12. The summed E-state index contributed by atoms with van der Waals surface area (Å²) in [4.78, 5) is 23.3. The van der Waals surface area contributed by atoms with Gasteiger partial charge in [-0.2, -0.15) is 0 Å². The van der Waals surface area contributed by atoms with E-state index in [1.807, 2.05) is 0 Å². The minimum atomic E-state index is -3.54. The summed E-state index contributed by atoms with van der Waals surface area (Å²) in [5.41, 5.74) is 7.91. The molecule has 0 aliphatic carbocycles. The number of ether oxygens (including phenoxy) is 1. The zero-order valence-electron chi connectivity index (χ0n) is 14.4. The Kier molecular flexibility index (Phi) is 5.83. The molecule has 0 heterocycles. The van der Waals surface area contributed by atoms with E-state index in [4.69, 9.17) is 10.5 Å². The van der Waals surface area contributed by atoms with Crippen LogP contribution in [0.15, 0.2) is 23.1 Å². The summed E-state index contributed by atoms with van der Waals surface area (Å²) in [5, 5.41) is 0.954. The van der Waals surface area contributed by atoms with Crippen molar-refractivity contribution in [3.8, 4) is 0 Å². The number of nitrogens with two attached hydrogens (primary N) is 1. The highest BCUT2D eigenvalue weighted by molar-refractivity contribution is 7.90. The first-order valence-corrected chi connectivity index (χ1v) is 9.08. The molecule has 1 amide bonds. The molecule has 0 saturated heterocycles. The number of benzene rings is 1. The predicted molar refractivity (Wildman–Crippen MR) is 91.2 cm³/mol. The van der Waals surface area contributed by atoms with Crippen LogP contribution in [0.25, 0.3) is 0 Å². The van der Waals surface area contributed by atoms with Gasteiger partial charge in [0.25, 0.3) is 0 Å². The molecule has 24 heavy (non-hydrogen) atoms. The van der Waals surface area contributed by atoms with E-state index in [1.54, 1.807) is 20.8 Å². The molecule has 134 valence electrons. The van der Waals surface area contributed by atoms with Gasteiger partial charge in [-0.25, -0.2) is 18.2 Å². The maximum absolute atomic E-state index is 12.3. The number of hydrazine groups is 1. The summed E-state index contributed by atoms with van der Waals surface area (Å²) in [6.45, 7) is 6.55. The van der Waals surface area contributed by atoms with Gasteiger partial charge in [0.05, 0.1) is 16.3 Å². The van der Waals surface area contributed by atoms with Crippen LogP contribution in [-0.2, 0) is 19.4 Å². The number of aldehydes is 1. The van der Waals surface area contributed by atoms with Gasteiger partial charge in [0, 0.05) is 6.26 Å². The molecule has 0 unspecified atom stereocenters. The SMILES string of the molecule is C[C@@H](C=O)N(Nc1cccc(S(C)(=O)=O)c1N)C(=O)OC(C)(C)C. The van der Waals surface area contributed by atoms with Crippen LogP contribution in [0, 0.1) is 0 Å². The maximum atomic E-state index is 12.3. The Hall–Kier alpha value is -2.29. The second-order valence-electron chi connectivity index (χ2n) is 6.33. The van der Waals surface area contributed by atoms with Crippen molar-refractivity contribution >= 4 is 33.6 Å². The number of nitrogens with one attached hydrogen (secondary N) is 1. The van der Waals surface area contributed by atoms with E-state index in [2.05, 4.69) is 5.43 Å². The summed E-state index contributed by atoms with van der Waals surface area (Å²) in [5.74, 6) is 0. The van der Waals surface area contributed by atoms with Crippen molar-refractivity contribution in [1.82, 2.24) is 5.01 Å². The molecule has 1 aromatic rings. The second-order valence-corrected chi connectivity index (χ2v) is 8.31. The van der Waals surface area contributed by atoms with E-state index in [0.717, 1.165) is 11.3 Å². The minimum absolute atomic E-state index is 0.0494. The molecule has 0 saturated carbocycles. The number of amides is 1. The number of carbonyl (C=O) groups excluding carboxylic acids is 2. The topological polar surface area (TPSA) is 119 Å². The fraction of sp³-hybridized carbons (Fsp3) is 0.467. The van der Waals surface area contributed by atoms with Crippen molar-refractivity contribution in [3.05, 3.63) is 18.2 Å². The van der Waals surface area contributed by atoms with Gasteiger partial charge in [-0.1, -0.05) is 6.07 Å². The number of hydrogen-bond donors (Lipinski definition) is 2. The van der Waals surface area contributed by atoms with Crippen LogP contribution in [0.1, 0.15) is 27.7 Å². The quantitative estimate of drug-likeness (QED) is 0.469. The number of para-hydroxylation sites is 1. The summed E-state index contributed by atoms with van der Waals surface area (Å²) in [6.07, 6.45) is 0.793. The smallest absolute Gasteiger partial charge is 0.429 e. The van der Waals surface area contributed by atoms with E-state index in [0.29, 0.717) is 6.29 Å². The lowest BCUT2D eigenvalue weighted by Gasteiger charge is -2.30. The Labute approximate surface area is 141 Å². The monoisotopic (exact) mass is 357 g/mol. The number of nitrogens with zero attached hydrogens (tertiary/aromatic N) is 1. The van der Waals surface area contributed by atoms with Crippen molar-refractivity contribution in [2.45, 2.75) is 44.2 Å². The predicted octanol–water partition coefficient (Wildman–Crippen LogP) is 1.82. The van der Waals surface area contributed by atoms with Gasteiger partial charge in [-0.15, -0.1) is 0 Å². The Morgan fingerprint density at radius 1 is 1.38 bits per heavy atom. The fourth-order valence-electron chi connectivity index (χ4n) is 1.78. The highest BCUT2D eigenvalue weighted by Gasteiger charge is 2.27. The number of anilines is 2. The van der Waals surface area contributed by atoms with Gasteiger partial charge in [0.15, 0.2) is 9.84 Å². The van der Waals surface area contributed by atoms with Gasteiger partial charge >= 0.3 is 6.09 Å². The van der Waals surface area contributed by atoms with Crippen molar-refractivity contribution < 1.29 is 22.7 Å². The first kappa shape index (κ1) is 19.8. The van der Waals surface area contributed by atoms with Crippen molar-refractivity contribution in [3.63, 3.8) is 0 Å². The van der Waals surface area contributed by atoms with E-state index in [9.17, 15) is 18.0 Å². The van der Waals surface area contributed by atoms with Crippen LogP contribution in [0.2, 0.25) is 0 Å². The van der Waals surface area contributed by atoms with Crippen LogP contribution in [0.3, 0.4) is 0 Å². The van der Waals surface area contributed by atoms with Crippen LogP contribution < -0.4 is 11.2 Å². The molecule has 3 N–H and O–H groups in total. The normalized spacial score (nSPS) is 13.0. The van der Waals surface area contributed by atoms with Crippen LogP contribution >= 0.6 is 0 Å². The molecule has 1 aromatic carbocycles. The van der Waals surface area contributed by atoms with E-state index < -0.39 is 27.6 Å². The van der Waals surface area contributed by atoms with Crippen molar-refractivity contribution in [2.24, 2.45) is 0 Å². The molecule has 0 radical (unpaired) electrons. The average molecular weight is 357 g/mol. The first-order valence-electron chi connectivity index (χ1n) is 7.19. The van der Waals surface area contributed by atoms with Gasteiger partial charge in [0.2, 0.25) is 0 Å². The number of hydrogen-bond acceptors (Lipinski definition) is 7.